The van der Waals surface area contributed by atoms with Crippen molar-refractivity contribution in [1.29, 1.82) is 0 Å². The minimum absolute atomic E-state index is 0.424. The van der Waals surface area contributed by atoms with Crippen LogP contribution in [-0.4, -0.2) is 5.78 Å². The lowest BCUT2D eigenvalue weighted by molar-refractivity contribution is -0.115. The molecule has 16 heavy (non-hydrogen) atoms. The van der Waals surface area contributed by atoms with Gasteiger partial charge in [0.15, 0.2) is 5.78 Å². The molecule has 0 aliphatic heterocycles. The Morgan fingerprint density at radius 3 is 2.69 bits per heavy atom. The molecule has 2 saturated carbocycles. The van der Waals surface area contributed by atoms with Gasteiger partial charge in [-0.15, -0.1) is 0 Å². The van der Waals surface area contributed by atoms with Gasteiger partial charge < -0.3 is 0 Å². The maximum Gasteiger partial charge on any atom is 0.159 e. The summed E-state index contributed by atoms with van der Waals surface area (Å²) in [4.78, 5) is 11.9. The average molecular weight is 218 g/mol. The molecule has 0 spiro atoms. The molecule has 0 amide bonds. The van der Waals surface area contributed by atoms with Crippen molar-refractivity contribution in [3.8, 4) is 0 Å². The van der Waals surface area contributed by atoms with Crippen LogP contribution in [0.4, 0.5) is 0 Å². The van der Waals surface area contributed by atoms with Gasteiger partial charge in [0.05, 0.1) is 0 Å². The molecule has 0 bridgehead atoms. The summed E-state index contributed by atoms with van der Waals surface area (Å²) in [6, 6.07) is 0. The third kappa shape index (κ3) is 1.10. The fraction of sp³-hybridized carbons (Fsp3) is 0.800. The van der Waals surface area contributed by atoms with Crippen molar-refractivity contribution in [1.82, 2.24) is 0 Å². The summed E-state index contributed by atoms with van der Waals surface area (Å²) in [7, 11) is 0. The minimum Gasteiger partial charge on any atom is -0.295 e. The van der Waals surface area contributed by atoms with Crippen LogP contribution in [0.25, 0.3) is 0 Å². The molecule has 0 heterocycles. The largest absolute Gasteiger partial charge is 0.295 e. The molecule has 1 heteroatoms. The molecular weight excluding hydrogens is 196 g/mol. The van der Waals surface area contributed by atoms with Crippen LogP contribution in [0.1, 0.15) is 47.0 Å². The Bertz CT molecular complexity index is 388. The fourth-order valence-corrected chi connectivity index (χ4v) is 4.79. The van der Waals surface area contributed by atoms with E-state index in [0.29, 0.717) is 23.0 Å². The smallest absolute Gasteiger partial charge is 0.159 e. The summed E-state index contributed by atoms with van der Waals surface area (Å²) < 4.78 is 0. The summed E-state index contributed by atoms with van der Waals surface area (Å²) in [5.41, 5.74) is 3.11. The SMILES string of the molecule is CC1=C2[C@H](CC1=O)[C@H](C)[C@H]1CCC(C)(C)[C@@H]21. The lowest BCUT2D eigenvalue weighted by Gasteiger charge is -2.28. The molecule has 0 aromatic rings. The number of ketones is 1. The molecule has 0 saturated heterocycles. The molecule has 88 valence electrons. The van der Waals surface area contributed by atoms with E-state index in [4.69, 9.17) is 0 Å². The Morgan fingerprint density at radius 1 is 1.31 bits per heavy atom. The zero-order valence-corrected chi connectivity index (χ0v) is 10.8. The first-order valence-electron chi connectivity index (χ1n) is 6.67. The number of fused-ring (bicyclic) bond motifs is 3. The number of hydrogen-bond acceptors (Lipinski definition) is 1. The van der Waals surface area contributed by atoms with Crippen LogP contribution >= 0.6 is 0 Å². The number of Topliss-reactive ketones (excluding diaryl/α,β-unsaturated/α-hetero) is 1. The van der Waals surface area contributed by atoms with Gasteiger partial charge in [-0.2, -0.15) is 0 Å². The second-order valence-corrected chi connectivity index (χ2v) is 6.84. The third-order valence-electron chi connectivity index (χ3n) is 5.69. The van der Waals surface area contributed by atoms with E-state index in [2.05, 4.69) is 27.7 Å². The number of rotatable bonds is 0. The van der Waals surface area contributed by atoms with Crippen LogP contribution in [-0.2, 0) is 4.79 Å². The van der Waals surface area contributed by atoms with Gasteiger partial charge in [0.2, 0.25) is 0 Å². The van der Waals surface area contributed by atoms with Crippen molar-refractivity contribution in [2.45, 2.75) is 47.0 Å². The first-order valence-corrected chi connectivity index (χ1v) is 6.67. The van der Waals surface area contributed by atoms with Crippen molar-refractivity contribution in [3.05, 3.63) is 11.1 Å². The number of hydrogen-bond donors (Lipinski definition) is 0. The van der Waals surface area contributed by atoms with Gasteiger partial charge in [-0.05, 0) is 54.4 Å². The highest BCUT2D eigenvalue weighted by Crippen LogP contribution is 2.64. The molecule has 3 rings (SSSR count). The van der Waals surface area contributed by atoms with Crippen LogP contribution in [0.3, 0.4) is 0 Å². The van der Waals surface area contributed by atoms with E-state index in [9.17, 15) is 4.79 Å². The van der Waals surface area contributed by atoms with E-state index in [1.807, 2.05) is 0 Å². The normalized spacial score (nSPS) is 45.1. The van der Waals surface area contributed by atoms with E-state index >= 15 is 0 Å². The van der Waals surface area contributed by atoms with Gasteiger partial charge in [-0.1, -0.05) is 26.3 Å². The molecule has 4 atom stereocenters. The van der Waals surface area contributed by atoms with Crippen LogP contribution in [0.15, 0.2) is 11.1 Å². The molecule has 0 unspecified atom stereocenters. The Hall–Kier alpha value is -0.590. The highest BCUT2D eigenvalue weighted by Gasteiger charge is 2.56. The van der Waals surface area contributed by atoms with E-state index in [0.717, 1.165) is 23.8 Å². The third-order valence-corrected chi connectivity index (χ3v) is 5.69. The average Bonchev–Trinajstić information content (AvgIpc) is 2.75. The van der Waals surface area contributed by atoms with E-state index < -0.39 is 0 Å². The molecule has 0 aromatic heterocycles. The van der Waals surface area contributed by atoms with E-state index in [1.54, 1.807) is 5.57 Å². The van der Waals surface area contributed by atoms with Crippen LogP contribution in [0.2, 0.25) is 0 Å². The van der Waals surface area contributed by atoms with Crippen molar-refractivity contribution >= 4 is 5.78 Å². The predicted molar refractivity (Wildman–Crippen MR) is 65.0 cm³/mol. The molecule has 2 fully saturated rings. The van der Waals surface area contributed by atoms with Crippen molar-refractivity contribution in [2.24, 2.45) is 29.1 Å². The van der Waals surface area contributed by atoms with Crippen molar-refractivity contribution < 1.29 is 4.79 Å². The number of carbonyl (C=O) groups is 1. The molecule has 0 N–H and O–H groups in total. The molecular formula is C15H22O. The maximum atomic E-state index is 11.9. The zero-order chi connectivity index (χ0) is 11.7. The molecule has 3 aliphatic rings. The van der Waals surface area contributed by atoms with Crippen molar-refractivity contribution in [3.63, 3.8) is 0 Å². The van der Waals surface area contributed by atoms with Crippen LogP contribution < -0.4 is 0 Å². The number of allylic oxidation sites excluding steroid dienone is 2. The second-order valence-electron chi connectivity index (χ2n) is 6.84. The Labute approximate surface area is 98.3 Å². The summed E-state index contributed by atoms with van der Waals surface area (Å²) >= 11 is 0. The summed E-state index contributed by atoms with van der Waals surface area (Å²) in [6.07, 6.45) is 3.52. The van der Waals surface area contributed by atoms with Crippen molar-refractivity contribution in [2.75, 3.05) is 0 Å². The van der Waals surface area contributed by atoms with Gasteiger partial charge in [0, 0.05) is 6.42 Å². The van der Waals surface area contributed by atoms with Gasteiger partial charge in [0.1, 0.15) is 0 Å². The summed E-state index contributed by atoms with van der Waals surface area (Å²) in [5, 5.41) is 0. The second kappa shape index (κ2) is 3.00. The lowest BCUT2D eigenvalue weighted by Crippen LogP contribution is -2.21. The summed E-state index contributed by atoms with van der Waals surface area (Å²) in [5.74, 6) is 3.33. The summed E-state index contributed by atoms with van der Waals surface area (Å²) in [6.45, 7) is 9.25. The fourth-order valence-electron chi connectivity index (χ4n) is 4.79. The van der Waals surface area contributed by atoms with Gasteiger partial charge >= 0.3 is 0 Å². The standard InChI is InChI=1S/C15H22O/c1-8-10-5-6-15(3,4)14(10)13-9(2)12(16)7-11(8)13/h8,10-11,14H,5-7H2,1-4H3/t8-,10-,11-,14-/m1/s1. The minimum atomic E-state index is 0.424. The lowest BCUT2D eigenvalue weighted by atomic mass is 9.76. The Morgan fingerprint density at radius 2 is 2.00 bits per heavy atom. The Balaban J connectivity index is 2.11. The van der Waals surface area contributed by atoms with Gasteiger partial charge in [-0.25, -0.2) is 0 Å². The number of carbonyl (C=O) groups excluding carboxylic acids is 1. The van der Waals surface area contributed by atoms with Crippen LogP contribution in [0.5, 0.6) is 0 Å². The topological polar surface area (TPSA) is 17.1 Å². The molecule has 0 aromatic carbocycles. The zero-order valence-electron chi connectivity index (χ0n) is 10.8. The highest BCUT2D eigenvalue weighted by atomic mass is 16.1. The van der Waals surface area contributed by atoms with E-state index in [-0.39, 0.29) is 0 Å². The van der Waals surface area contributed by atoms with Gasteiger partial charge in [-0.3, -0.25) is 4.79 Å². The van der Waals surface area contributed by atoms with Gasteiger partial charge in [0.25, 0.3) is 0 Å². The van der Waals surface area contributed by atoms with Crippen LogP contribution in [0, 0.1) is 29.1 Å². The Kier molecular flexibility index (Phi) is 1.98. The molecule has 1 nitrogen and oxygen atoms in total. The quantitative estimate of drug-likeness (QED) is 0.607. The maximum absolute atomic E-state index is 11.9. The molecule has 0 radical (unpaired) electrons. The monoisotopic (exact) mass is 218 g/mol. The highest BCUT2D eigenvalue weighted by molar-refractivity contribution is 5.99. The first kappa shape index (κ1) is 10.6. The molecule has 3 aliphatic carbocycles. The van der Waals surface area contributed by atoms with E-state index in [1.165, 1.54) is 12.8 Å². The predicted octanol–water partition coefficient (Wildman–Crippen LogP) is 3.59. The first-order chi connectivity index (χ1) is 7.43.